The minimum atomic E-state index is -3.75. The Balaban J connectivity index is 2.18. The second-order valence-electron chi connectivity index (χ2n) is 4.49. The Morgan fingerprint density at radius 3 is 2.90 bits per heavy atom. The molecule has 0 unspecified atom stereocenters. The molecule has 0 atom stereocenters. The van der Waals surface area contributed by atoms with Crippen LogP contribution in [0, 0.1) is 6.92 Å². The fourth-order valence-electron chi connectivity index (χ4n) is 2.06. The van der Waals surface area contributed by atoms with Gasteiger partial charge in [0, 0.05) is 17.8 Å². The molecule has 21 heavy (non-hydrogen) atoms. The van der Waals surface area contributed by atoms with Crippen molar-refractivity contribution in [3.05, 3.63) is 47.4 Å². The van der Waals surface area contributed by atoms with Gasteiger partial charge in [-0.3, -0.25) is 14.8 Å². The number of fused-ring (bicyclic) bond motifs is 1. The van der Waals surface area contributed by atoms with E-state index in [2.05, 4.69) is 19.9 Å². The summed E-state index contributed by atoms with van der Waals surface area (Å²) in [6.45, 7) is 1.87. The number of anilines is 1. The summed E-state index contributed by atoms with van der Waals surface area (Å²) in [7, 11) is -3.75. The van der Waals surface area contributed by atoms with Crippen molar-refractivity contribution in [1.82, 2.24) is 15.2 Å². The summed E-state index contributed by atoms with van der Waals surface area (Å²) in [6, 6.07) is 5.19. The van der Waals surface area contributed by atoms with Gasteiger partial charge in [-0.1, -0.05) is 11.6 Å². The Kier molecular flexibility index (Phi) is 3.30. The third-order valence-corrected chi connectivity index (χ3v) is 4.67. The third kappa shape index (κ3) is 2.45. The van der Waals surface area contributed by atoms with Crippen molar-refractivity contribution < 1.29 is 8.42 Å². The lowest BCUT2D eigenvalue weighted by Gasteiger charge is -2.12. The predicted molar refractivity (Wildman–Crippen MR) is 80.9 cm³/mol. The molecule has 2 aromatic heterocycles. The van der Waals surface area contributed by atoms with Crippen LogP contribution in [0.1, 0.15) is 5.56 Å². The lowest BCUT2D eigenvalue weighted by Crippen LogP contribution is -2.13. The molecule has 1 aromatic carbocycles. The minimum Gasteiger partial charge on any atom is -0.284 e. The van der Waals surface area contributed by atoms with E-state index in [9.17, 15) is 8.42 Å². The van der Waals surface area contributed by atoms with Gasteiger partial charge in [0.25, 0.3) is 10.0 Å². The van der Waals surface area contributed by atoms with Gasteiger partial charge in [-0.2, -0.15) is 5.10 Å². The van der Waals surface area contributed by atoms with Crippen molar-refractivity contribution in [1.29, 1.82) is 0 Å². The van der Waals surface area contributed by atoms with E-state index in [0.29, 0.717) is 21.6 Å². The number of H-pyrrole nitrogens is 1. The van der Waals surface area contributed by atoms with Gasteiger partial charge in [-0.25, -0.2) is 8.42 Å². The van der Waals surface area contributed by atoms with Crippen LogP contribution in [0.3, 0.4) is 0 Å². The molecule has 2 N–H and O–H groups in total. The van der Waals surface area contributed by atoms with E-state index in [1.54, 1.807) is 24.4 Å². The number of nitrogens with one attached hydrogen (secondary N) is 2. The summed E-state index contributed by atoms with van der Waals surface area (Å²) in [6.07, 6.45) is 4.17. The Morgan fingerprint density at radius 1 is 1.38 bits per heavy atom. The Hall–Kier alpha value is -2.12. The highest BCUT2D eigenvalue weighted by Crippen LogP contribution is 2.34. The summed E-state index contributed by atoms with van der Waals surface area (Å²) in [5.41, 5.74) is 1.89. The standard InChI is InChI=1S/C13H11ClN4O2S/c1-8-5-11(14)13(10-3-2-4-15-12(8)10)18-21(19,20)9-6-16-17-7-9/h2-7,18H,1H3,(H,16,17). The van der Waals surface area contributed by atoms with E-state index in [-0.39, 0.29) is 4.90 Å². The lowest BCUT2D eigenvalue weighted by molar-refractivity contribution is 0.601. The molecule has 0 radical (unpaired) electrons. The van der Waals surface area contributed by atoms with Crippen molar-refractivity contribution in [3.63, 3.8) is 0 Å². The number of aromatic amines is 1. The summed E-state index contributed by atoms with van der Waals surface area (Å²) in [5.74, 6) is 0. The van der Waals surface area contributed by atoms with Crippen molar-refractivity contribution in [2.45, 2.75) is 11.8 Å². The molecule has 0 fully saturated rings. The molecule has 3 rings (SSSR count). The molecule has 0 saturated carbocycles. The van der Waals surface area contributed by atoms with Crippen molar-refractivity contribution >= 4 is 38.2 Å². The molecule has 0 bridgehead atoms. The topological polar surface area (TPSA) is 87.7 Å². The Bertz CT molecular complexity index is 907. The smallest absolute Gasteiger partial charge is 0.265 e. The summed E-state index contributed by atoms with van der Waals surface area (Å²) in [4.78, 5) is 4.30. The molecule has 0 amide bonds. The molecule has 2 heterocycles. The summed E-state index contributed by atoms with van der Waals surface area (Å²) >= 11 is 6.20. The highest BCUT2D eigenvalue weighted by molar-refractivity contribution is 7.92. The largest absolute Gasteiger partial charge is 0.284 e. The number of rotatable bonds is 3. The zero-order valence-corrected chi connectivity index (χ0v) is 12.5. The monoisotopic (exact) mass is 322 g/mol. The molecule has 6 nitrogen and oxygen atoms in total. The van der Waals surface area contributed by atoms with Crippen molar-refractivity contribution in [2.24, 2.45) is 0 Å². The van der Waals surface area contributed by atoms with Crippen LogP contribution in [-0.2, 0) is 10.0 Å². The highest BCUT2D eigenvalue weighted by Gasteiger charge is 2.19. The van der Waals surface area contributed by atoms with Crippen molar-refractivity contribution in [2.75, 3.05) is 4.72 Å². The van der Waals surface area contributed by atoms with E-state index in [4.69, 9.17) is 11.6 Å². The SMILES string of the molecule is Cc1cc(Cl)c(NS(=O)(=O)c2cn[nH]c2)c2cccnc12. The first-order valence-electron chi connectivity index (χ1n) is 6.04. The second-order valence-corrected chi connectivity index (χ2v) is 6.58. The molecule has 0 aliphatic carbocycles. The van der Waals surface area contributed by atoms with Gasteiger partial charge < -0.3 is 0 Å². The van der Waals surface area contributed by atoms with Crippen LogP contribution in [0.25, 0.3) is 10.9 Å². The Morgan fingerprint density at radius 2 is 2.19 bits per heavy atom. The number of aryl methyl sites for hydroxylation is 1. The zero-order chi connectivity index (χ0) is 15.0. The molecule has 108 valence electrons. The minimum absolute atomic E-state index is 0.0381. The average molecular weight is 323 g/mol. The van der Waals surface area contributed by atoms with Crippen LogP contribution in [0.2, 0.25) is 5.02 Å². The number of benzene rings is 1. The number of halogens is 1. The number of hydrogen-bond donors (Lipinski definition) is 2. The molecular weight excluding hydrogens is 312 g/mol. The molecule has 0 aliphatic heterocycles. The summed E-state index contributed by atoms with van der Waals surface area (Å²) in [5, 5.41) is 7.07. The fourth-order valence-corrected chi connectivity index (χ4v) is 3.44. The fraction of sp³-hybridized carbons (Fsp3) is 0.0769. The highest BCUT2D eigenvalue weighted by atomic mass is 35.5. The average Bonchev–Trinajstić information content (AvgIpc) is 2.98. The lowest BCUT2D eigenvalue weighted by atomic mass is 10.1. The van der Waals surface area contributed by atoms with Crippen LogP contribution in [0.5, 0.6) is 0 Å². The van der Waals surface area contributed by atoms with Gasteiger partial charge >= 0.3 is 0 Å². The molecule has 0 spiro atoms. The van der Waals surface area contributed by atoms with E-state index in [1.165, 1.54) is 12.4 Å². The van der Waals surface area contributed by atoms with Crippen LogP contribution in [0.4, 0.5) is 5.69 Å². The quantitative estimate of drug-likeness (QED) is 0.776. The van der Waals surface area contributed by atoms with Crippen molar-refractivity contribution in [3.8, 4) is 0 Å². The zero-order valence-electron chi connectivity index (χ0n) is 11.0. The van der Waals surface area contributed by atoms with E-state index in [0.717, 1.165) is 5.56 Å². The number of sulfonamides is 1. The summed E-state index contributed by atoms with van der Waals surface area (Å²) < 4.78 is 27.1. The van der Waals surface area contributed by atoms with Crippen LogP contribution in [0.15, 0.2) is 41.7 Å². The Labute approximate surface area is 126 Å². The van der Waals surface area contributed by atoms with E-state index >= 15 is 0 Å². The third-order valence-electron chi connectivity index (χ3n) is 3.05. The maximum atomic E-state index is 12.3. The van der Waals surface area contributed by atoms with Crippen LogP contribution >= 0.6 is 11.6 Å². The predicted octanol–water partition coefficient (Wildman–Crippen LogP) is 2.72. The first-order valence-corrected chi connectivity index (χ1v) is 7.90. The van der Waals surface area contributed by atoms with Gasteiger partial charge in [0.2, 0.25) is 0 Å². The maximum Gasteiger partial charge on any atom is 0.265 e. The molecule has 8 heteroatoms. The molecule has 0 saturated heterocycles. The number of hydrogen-bond acceptors (Lipinski definition) is 4. The second kappa shape index (κ2) is 5.01. The van der Waals surface area contributed by atoms with E-state index < -0.39 is 10.0 Å². The number of nitrogens with zero attached hydrogens (tertiary/aromatic N) is 2. The number of aromatic nitrogens is 3. The molecule has 0 aliphatic rings. The van der Waals surface area contributed by atoms with Gasteiger partial charge in [0.05, 0.1) is 22.4 Å². The first-order chi connectivity index (χ1) is 9.99. The first kappa shape index (κ1) is 13.8. The van der Waals surface area contributed by atoms with Gasteiger partial charge in [-0.15, -0.1) is 0 Å². The maximum absolute atomic E-state index is 12.3. The van der Waals surface area contributed by atoms with Crippen LogP contribution in [-0.4, -0.2) is 23.6 Å². The van der Waals surface area contributed by atoms with E-state index in [1.807, 2.05) is 6.92 Å². The van der Waals surface area contributed by atoms with Gasteiger partial charge in [0.15, 0.2) is 0 Å². The van der Waals surface area contributed by atoms with Gasteiger partial charge in [-0.05, 0) is 30.7 Å². The van der Waals surface area contributed by atoms with Gasteiger partial charge in [0.1, 0.15) is 4.90 Å². The molecule has 3 aromatic rings. The normalized spacial score (nSPS) is 11.7. The number of pyridine rings is 1. The molecular formula is C13H11ClN4O2S. The van der Waals surface area contributed by atoms with Crippen LogP contribution < -0.4 is 4.72 Å².